The molecule has 0 amide bonds. The smallest absolute Gasteiger partial charge is 0.151 e. The molecule has 2 atom stereocenters. The summed E-state index contributed by atoms with van der Waals surface area (Å²) in [6.45, 7) is 1.35. The molecule has 0 radical (unpaired) electrons. The minimum absolute atomic E-state index is 0.118. The highest BCUT2D eigenvalue weighted by molar-refractivity contribution is 7.91. The fraction of sp³-hybridized carbons (Fsp3) is 0.588. The molecule has 2 unspecified atom stereocenters. The molecule has 1 aliphatic rings. The van der Waals surface area contributed by atoms with Crippen LogP contribution in [0.5, 0.6) is 5.75 Å². The summed E-state index contributed by atoms with van der Waals surface area (Å²) >= 11 is 0. The van der Waals surface area contributed by atoms with Crippen LogP contribution in [0.3, 0.4) is 0 Å². The van der Waals surface area contributed by atoms with Crippen molar-refractivity contribution in [3.8, 4) is 11.8 Å². The van der Waals surface area contributed by atoms with Gasteiger partial charge < -0.3 is 9.64 Å². The Hall–Kier alpha value is -1.58. The van der Waals surface area contributed by atoms with Crippen molar-refractivity contribution in [2.24, 2.45) is 0 Å². The average molecular weight is 336 g/mol. The molecule has 0 heterocycles. The van der Waals surface area contributed by atoms with Crippen molar-refractivity contribution in [2.75, 3.05) is 26.5 Å². The maximum absolute atomic E-state index is 11.8. The Balaban J connectivity index is 1.78. The van der Waals surface area contributed by atoms with Gasteiger partial charge in [0.2, 0.25) is 0 Å². The van der Waals surface area contributed by atoms with Crippen molar-refractivity contribution >= 4 is 9.84 Å². The molecule has 23 heavy (non-hydrogen) atoms. The lowest BCUT2D eigenvalue weighted by Gasteiger charge is -2.28. The Morgan fingerprint density at radius 2 is 2.17 bits per heavy atom. The van der Waals surface area contributed by atoms with Gasteiger partial charge in [0.05, 0.1) is 23.5 Å². The van der Waals surface area contributed by atoms with E-state index in [0.717, 1.165) is 32.2 Å². The summed E-state index contributed by atoms with van der Waals surface area (Å²) < 4.78 is 29.4. The number of rotatable bonds is 7. The van der Waals surface area contributed by atoms with E-state index in [1.54, 1.807) is 18.2 Å². The molecule has 1 aromatic rings. The lowest BCUT2D eigenvalue weighted by molar-refractivity contribution is 0.217. The molecule has 0 aromatic heterocycles. The van der Waals surface area contributed by atoms with Gasteiger partial charge in [-0.1, -0.05) is 12.5 Å². The lowest BCUT2D eigenvalue weighted by Crippen LogP contribution is -2.42. The molecule has 6 heteroatoms. The Morgan fingerprint density at radius 3 is 2.87 bits per heavy atom. The zero-order chi connectivity index (χ0) is 16.9. The van der Waals surface area contributed by atoms with E-state index in [4.69, 9.17) is 10.00 Å². The van der Waals surface area contributed by atoms with E-state index in [1.165, 1.54) is 6.26 Å². The lowest BCUT2D eigenvalue weighted by atomic mass is 10.2. The quantitative estimate of drug-likeness (QED) is 0.714. The zero-order valence-electron chi connectivity index (χ0n) is 13.7. The molecule has 1 aromatic carbocycles. The third-order valence-electron chi connectivity index (χ3n) is 4.42. The molecule has 1 saturated carbocycles. The summed E-state index contributed by atoms with van der Waals surface area (Å²) in [7, 11) is -0.991. The van der Waals surface area contributed by atoms with Crippen LogP contribution in [-0.4, -0.2) is 51.1 Å². The second-order valence-corrected chi connectivity index (χ2v) is 8.45. The fourth-order valence-electron chi connectivity index (χ4n) is 3.24. The molecule has 0 bridgehead atoms. The molecule has 0 aliphatic heterocycles. The largest absolute Gasteiger partial charge is 0.494 e. The summed E-state index contributed by atoms with van der Waals surface area (Å²) in [4.78, 5) is 2.15. The number of nitriles is 1. The number of hydrogen-bond donors (Lipinski definition) is 0. The molecular formula is C17H24N2O3S. The van der Waals surface area contributed by atoms with Gasteiger partial charge in [-0.3, -0.25) is 0 Å². The second-order valence-electron chi connectivity index (χ2n) is 6.19. The van der Waals surface area contributed by atoms with Gasteiger partial charge >= 0.3 is 0 Å². The third kappa shape index (κ3) is 4.95. The standard InChI is InChI=1S/C17H24N2O3S/c1-19(16-8-4-9-17(16)23(2,20)21)10-5-11-22-15-7-3-6-14(12-15)13-18/h3,6-7,12,16-17H,4-5,8-11H2,1-2H3. The molecule has 1 fully saturated rings. The fourth-order valence-corrected chi connectivity index (χ4v) is 4.74. The first kappa shape index (κ1) is 17.8. The van der Waals surface area contributed by atoms with Gasteiger partial charge in [0.1, 0.15) is 5.75 Å². The number of benzene rings is 1. The third-order valence-corrected chi connectivity index (χ3v) is 6.07. The number of ether oxygens (including phenoxy) is 1. The van der Waals surface area contributed by atoms with E-state index in [9.17, 15) is 8.42 Å². The van der Waals surface area contributed by atoms with Gasteiger partial charge in [-0.2, -0.15) is 5.26 Å². The molecular weight excluding hydrogens is 312 g/mol. The minimum atomic E-state index is -2.98. The van der Waals surface area contributed by atoms with Crippen LogP contribution in [0.1, 0.15) is 31.2 Å². The van der Waals surface area contributed by atoms with Crippen molar-refractivity contribution in [1.82, 2.24) is 4.90 Å². The van der Waals surface area contributed by atoms with Gasteiger partial charge in [0, 0.05) is 18.8 Å². The van der Waals surface area contributed by atoms with Crippen molar-refractivity contribution in [3.63, 3.8) is 0 Å². The Bertz CT molecular complexity index is 667. The average Bonchev–Trinajstić information content (AvgIpc) is 3.01. The summed E-state index contributed by atoms with van der Waals surface area (Å²) in [6, 6.07) is 9.30. The minimum Gasteiger partial charge on any atom is -0.494 e. The van der Waals surface area contributed by atoms with Gasteiger partial charge in [-0.05, 0) is 44.5 Å². The zero-order valence-corrected chi connectivity index (χ0v) is 14.6. The molecule has 126 valence electrons. The summed E-state index contributed by atoms with van der Waals surface area (Å²) in [5.74, 6) is 0.696. The molecule has 0 N–H and O–H groups in total. The van der Waals surface area contributed by atoms with Crippen LogP contribution in [0.15, 0.2) is 24.3 Å². The van der Waals surface area contributed by atoms with Gasteiger partial charge in [0.15, 0.2) is 9.84 Å². The van der Waals surface area contributed by atoms with Gasteiger partial charge in [-0.25, -0.2) is 8.42 Å². The molecule has 2 rings (SSSR count). The van der Waals surface area contributed by atoms with Crippen LogP contribution in [-0.2, 0) is 9.84 Å². The van der Waals surface area contributed by atoms with Crippen molar-refractivity contribution in [2.45, 2.75) is 37.0 Å². The molecule has 5 nitrogen and oxygen atoms in total. The number of hydrogen-bond acceptors (Lipinski definition) is 5. The van der Waals surface area contributed by atoms with Crippen LogP contribution < -0.4 is 4.74 Å². The first-order valence-corrected chi connectivity index (χ1v) is 9.89. The highest BCUT2D eigenvalue weighted by Gasteiger charge is 2.36. The van der Waals surface area contributed by atoms with Crippen LogP contribution in [0, 0.1) is 11.3 Å². The maximum Gasteiger partial charge on any atom is 0.151 e. The van der Waals surface area contributed by atoms with Crippen LogP contribution >= 0.6 is 0 Å². The second kappa shape index (κ2) is 7.80. The summed E-state index contributed by atoms with van der Waals surface area (Å²) in [5.41, 5.74) is 0.585. The Labute approximate surface area is 138 Å². The van der Waals surface area contributed by atoms with Crippen LogP contribution in [0.4, 0.5) is 0 Å². The molecule has 0 spiro atoms. The predicted molar refractivity (Wildman–Crippen MR) is 90.2 cm³/mol. The predicted octanol–water partition coefficient (Wildman–Crippen LogP) is 2.22. The number of sulfone groups is 1. The normalized spacial score (nSPS) is 21.3. The topological polar surface area (TPSA) is 70.4 Å². The number of nitrogens with zero attached hydrogens (tertiary/aromatic N) is 2. The van der Waals surface area contributed by atoms with Crippen LogP contribution in [0.2, 0.25) is 0 Å². The highest BCUT2D eigenvalue weighted by Crippen LogP contribution is 2.28. The monoisotopic (exact) mass is 336 g/mol. The first-order chi connectivity index (χ1) is 10.9. The van der Waals surface area contributed by atoms with E-state index in [-0.39, 0.29) is 11.3 Å². The van der Waals surface area contributed by atoms with E-state index in [2.05, 4.69) is 11.0 Å². The van der Waals surface area contributed by atoms with Crippen molar-refractivity contribution in [1.29, 1.82) is 5.26 Å². The molecule has 0 saturated heterocycles. The maximum atomic E-state index is 11.8. The van der Waals surface area contributed by atoms with Crippen molar-refractivity contribution in [3.05, 3.63) is 29.8 Å². The van der Waals surface area contributed by atoms with E-state index < -0.39 is 9.84 Å². The summed E-state index contributed by atoms with van der Waals surface area (Å²) in [5, 5.41) is 8.62. The Morgan fingerprint density at radius 1 is 1.39 bits per heavy atom. The van der Waals surface area contributed by atoms with Crippen LogP contribution in [0.25, 0.3) is 0 Å². The van der Waals surface area contributed by atoms with Gasteiger partial charge in [-0.15, -0.1) is 0 Å². The van der Waals surface area contributed by atoms with E-state index in [0.29, 0.717) is 17.9 Å². The highest BCUT2D eigenvalue weighted by atomic mass is 32.2. The molecule has 1 aliphatic carbocycles. The van der Waals surface area contributed by atoms with E-state index in [1.807, 2.05) is 13.1 Å². The van der Waals surface area contributed by atoms with E-state index >= 15 is 0 Å². The van der Waals surface area contributed by atoms with Crippen molar-refractivity contribution < 1.29 is 13.2 Å². The summed E-state index contributed by atoms with van der Waals surface area (Å²) in [6.07, 6.45) is 4.85. The SMILES string of the molecule is CN(CCCOc1cccc(C#N)c1)C1CCCC1S(C)(=O)=O. The Kier molecular flexibility index (Phi) is 6.03. The first-order valence-electron chi connectivity index (χ1n) is 7.94. The van der Waals surface area contributed by atoms with Gasteiger partial charge in [0.25, 0.3) is 0 Å².